The fourth-order valence-corrected chi connectivity index (χ4v) is 3.08. The van der Waals surface area contributed by atoms with Crippen LogP contribution in [0.2, 0.25) is 0 Å². The summed E-state index contributed by atoms with van der Waals surface area (Å²) < 4.78 is 1.17. The minimum Gasteiger partial charge on any atom is -0.316 e. The first-order valence-corrected chi connectivity index (χ1v) is 7.62. The molecule has 1 aliphatic heterocycles. The van der Waals surface area contributed by atoms with Gasteiger partial charge in [-0.1, -0.05) is 28.1 Å². The van der Waals surface area contributed by atoms with Gasteiger partial charge in [0.15, 0.2) is 0 Å². The van der Waals surface area contributed by atoms with Crippen molar-refractivity contribution in [3.8, 4) is 0 Å². The van der Waals surface area contributed by atoms with E-state index in [1.54, 1.807) is 0 Å². The fraction of sp³-hybridized carbons (Fsp3) is 0.600. The summed E-state index contributed by atoms with van der Waals surface area (Å²) in [7, 11) is 2.24. The van der Waals surface area contributed by atoms with Gasteiger partial charge in [-0.2, -0.15) is 0 Å². The van der Waals surface area contributed by atoms with E-state index in [1.165, 1.54) is 42.5 Å². The average molecular weight is 311 g/mol. The highest BCUT2D eigenvalue weighted by Crippen LogP contribution is 2.23. The third-order valence-electron chi connectivity index (χ3n) is 3.94. The Morgan fingerprint density at radius 3 is 3.00 bits per heavy atom. The van der Waals surface area contributed by atoms with E-state index in [2.05, 4.69) is 64.4 Å². The molecule has 0 amide bonds. The van der Waals surface area contributed by atoms with Crippen molar-refractivity contribution in [1.82, 2.24) is 10.2 Å². The van der Waals surface area contributed by atoms with Gasteiger partial charge >= 0.3 is 0 Å². The third-order valence-corrected chi connectivity index (χ3v) is 4.43. The van der Waals surface area contributed by atoms with Crippen LogP contribution in [0.25, 0.3) is 0 Å². The van der Waals surface area contributed by atoms with Gasteiger partial charge in [0.25, 0.3) is 0 Å². The van der Waals surface area contributed by atoms with E-state index in [1.807, 2.05) is 0 Å². The van der Waals surface area contributed by atoms with Crippen LogP contribution < -0.4 is 5.32 Å². The molecule has 0 radical (unpaired) electrons. The minimum atomic E-state index is 0.476. The van der Waals surface area contributed by atoms with E-state index in [0.717, 1.165) is 5.92 Å². The van der Waals surface area contributed by atoms with Gasteiger partial charge in [0.05, 0.1) is 0 Å². The van der Waals surface area contributed by atoms with Crippen LogP contribution in [0.15, 0.2) is 28.7 Å². The summed E-state index contributed by atoms with van der Waals surface area (Å²) in [5, 5.41) is 3.49. The molecule has 1 saturated heterocycles. The van der Waals surface area contributed by atoms with Crippen molar-refractivity contribution in [2.75, 3.05) is 26.7 Å². The SMILES string of the molecule is CC(c1cccc(Br)c1)N(C)CC1CCCNC1. The number of hydrogen-bond donors (Lipinski definition) is 1. The summed E-state index contributed by atoms with van der Waals surface area (Å²) in [6, 6.07) is 9.11. The fourth-order valence-electron chi connectivity index (χ4n) is 2.67. The van der Waals surface area contributed by atoms with Crippen LogP contribution in [0, 0.1) is 5.92 Å². The molecule has 18 heavy (non-hydrogen) atoms. The number of nitrogens with one attached hydrogen (secondary N) is 1. The Bertz CT molecular complexity index is 375. The van der Waals surface area contributed by atoms with Crippen LogP contribution in [0.4, 0.5) is 0 Å². The van der Waals surface area contributed by atoms with Crippen molar-refractivity contribution >= 4 is 15.9 Å². The van der Waals surface area contributed by atoms with Crippen molar-refractivity contribution in [2.45, 2.75) is 25.8 Å². The summed E-state index contributed by atoms with van der Waals surface area (Å²) in [5.41, 5.74) is 1.38. The molecular formula is C15H23BrN2. The summed E-state index contributed by atoms with van der Waals surface area (Å²) in [5.74, 6) is 0.804. The zero-order valence-electron chi connectivity index (χ0n) is 11.3. The highest BCUT2D eigenvalue weighted by atomic mass is 79.9. The quantitative estimate of drug-likeness (QED) is 0.916. The molecule has 2 unspecified atom stereocenters. The lowest BCUT2D eigenvalue weighted by Gasteiger charge is -2.31. The molecule has 3 heteroatoms. The zero-order chi connectivity index (χ0) is 13.0. The Hall–Kier alpha value is -0.380. The Morgan fingerprint density at radius 2 is 2.33 bits per heavy atom. The number of halogens is 1. The van der Waals surface area contributed by atoms with Gasteiger partial charge < -0.3 is 5.32 Å². The molecule has 1 heterocycles. The summed E-state index contributed by atoms with van der Waals surface area (Å²) >= 11 is 3.55. The lowest BCUT2D eigenvalue weighted by atomic mass is 9.98. The first-order valence-electron chi connectivity index (χ1n) is 6.83. The molecule has 0 saturated carbocycles. The molecule has 0 spiro atoms. The molecule has 100 valence electrons. The van der Waals surface area contributed by atoms with Crippen molar-refractivity contribution in [3.05, 3.63) is 34.3 Å². The average Bonchev–Trinajstić information content (AvgIpc) is 2.39. The van der Waals surface area contributed by atoms with E-state index in [4.69, 9.17) is 0 Å². The van der Waals surface area contributed by atoms with Crippen molar-refractivity contribution in [3.63, 3.8) is 0 Å². The van der Waals surface area contributed by atoms with Crippen LogP contribution in [-0.4, -0.2) is 31.6 Å². The van der Waals surface area contributed by atoms with Crippen molar-refractivity contribution in [2.24, 2.45) is 5.92 Å². The van der Waals surface area contributed by atoms with Gasteiger partial charge in [0.2, 0.25) is 0 Å². The van der Waals surface area contributed by atoms with Crippen LogP contribution in [0.5, 0.6) is 0 Å². The van der Waals surface area contributed by atoms with Crippen LogP contribution in [0.1, 0.15) is 31.4 Å². The van der Waals surface area contributed by atoms with Crippen molar-refractivity contribution < 1.29 is 0 Å². The molecule has 2 rings (SSSR count). The standard InChI is InChI=1S/C15H23BrN2/c1-12(14-6-3-7-15(16)9-14)18(2)11-13-5-4-8-17-10-13/h3,6-7,9,12-13,17H,4-5,8,10-11H2,1-2H3. The molecule has 2 atom stereocenters. The van der Waals surface area contributed by atoms with Gasteiger partial charge in [-0.25, -0.2) is 0 Å². The van der Waals surface area contributed by atoms with E-state index < -0.39 is 0 Å². The second kappa shape index (κ2) is 6.69. The van der Waals surface area contributed by atoms with Crippen LogP contribution in [-0.2, 0) is 0 Å². The zero-order valence-corrected chi connectivity index (χ0v) is 12.9. The summed E-state index contributed by atoms with van der Waals surface area (Å²) in [6.07, 6.45) is 2.69. The maximum absolute atomic E-state index is 3.55. The monoisotopic (exact) mass is 310 g/mol. The smallest absolute Gasteiger partial charge is 0.0317 e. The van der Waals surface area contributed by atoms with E-state index >= 15 is 0 Å². The Labute approximate surface area is 119 Å². The van der Waals surface area contributed by atoms with E-state index in [-0.39, 0.29) is 0 Å². The van der Waals surface area contributed by atoms with Crippen LogP contribution in [0.3, 0.4) is 0 Å². The first-order chi connectivity index (χ1) is 8.66. The number of nitrogens with zero attached hydrogens (tertiary/aromatic N) is 1. The lowest BCUT2D eigenvalue weighted by Crippen LogP contribution is -2.37. The molecule has 1 aliphatic rings. The maximum atomic E-state index is 3.55. The van der Waals surface area contributed by atoms with Gasteiger partial charge in [0, 0.05) is 17.1 Å². The first kappa shape index (κ1) is 14.0. The van der Waals surface area contributed by atoms with Crippen molar-refractivity contribution in [1.29, 1.82) is 0 Å². The van der Waals surface area contributed by atoms with Gasteiger partial charge in [0.1, 0.15) is 0 Å². The number of piperidine rings is 1. The van der Waals surface area contributed by atoms with E-state index in [9.17, 15) is 0 Å². The Morgan fingerprint density at radius 1 is 1.50 bits per heavy atom. The maximum Gasteiger partial charge on any atom is 0.0317 e. The molecule has 1 fully saturated rings. The van der Waals surface area contributed by atoms with Gasteiger partial charge in [-0.05, 0) is 63.5 Å². The lowest BCUT2D eigenvalue weighted by molar-refractivity contribution is 0.199. The highest BCUT2D eigenvalue weighted by molar-refractivity contribution is 9.10. The topological polar surface area (TPSA) is 15.3 Å². The molecule has 1 aromatic rings. The second-order valence-corrected chi connectivity index (χ2v) is 6.30. The predicted molar refractivity (Wildman–Crippen MR) is 80.8 cm³/mol. The number of benzene rings is 1. The Balaban J connectivity index is 1.93. The van der Waals surface area contributed by atoms with Gasteiger partial charge in [-0.15, -0.1) is 0 Å². The molecule has 0 bridgehead atoms. The Kier molecular flexibility index (Phi) is 5.22. The molecule has 1 aromatic carbocycles. The molecule has 1 N–H and O–H groups in total. The predicted octanol–water partition coefficient (Wildman–Crippen LogP) is 3.44. The van der Waals surface area contributed by atoms with Gasteiger partial charge in [-0.3, -0.25) is 4.90 Å². The molecule has 0 aliphatic carbocycles. The number of rotatable bonds is 4. The molecular weight excluding hydrogens is 288 g/mol. The summed E-state index contributed by atoms with van der Waals surface area (Å²) in [4.78, 5) is 2.47. The number of hydrogen-bond acceptors (Lipinski definition) is 2. The second-order valence-electron chi connectivity index (χ2n) is 5.38. The summed E-state index contributed by atoms with van der Waals surface area (Å²) in [6.45, 7) is 5.84. The molecule has 0 aromatic heterocycles. The highest BCUT2D eigenvalue weighted by Gasteiger charge is 2.18. The normalized spacial score (nSPS) is 22.1. The largest absolute Gasteiger partial charge is 0.316 e. The minimum absolute atomic E-state index is 0.476. The van der Waals surface area contributed by atoms with Crippen LogP contribution >= 0.6 is 15.9 Å². The third kappa shape index (κ3) is 3.81. The molecule has 2 nitrogen and oxygen atoms in total. The van der Waals surface area contributed by atoms with E-state index in [0.29, 0.717) is 6.04 Å².